The first-order valence-electron chi connectivity index (χ1n) is 6.87. The van der Waals surface area contributed by atoms with Gasteiger partial charge in [0.05, 0.1) is 6.61 Å². The fraction of sp³-hybridized carbons (Fsp3) is 0.429. The van der Waals surface area contributed by atoms with Crippen molar-refractivity contribution in [3.8, 4) is 0 Å². The molecule has 1 aromatic rings. The number of aromatic nitrogens is 1. The van der Waals surface area contributed by atoms with Crippen molar-refractivity contribution in [3.05, 3.63) is 30.1 Å². The van der Waals surface area contributed by atoms with Crippen molar-refractivity contribution < 1.29 is 23.9 Å². The van der Waals surface area contributed by atoms with E-state index in [0.717, 1.165) is 10.5 Å². The Hall–Kier alpha value is -2.64. The van der Waals surface area contributed by atoms with Crippen LogP contribution in [-0.4, -0.2) is 53.7 Å². The maximum Gasteiger partial charge on any atom is 0.411 e. The van der Waals surface area contributed by atoms with Gasteiger partial charge in [-0.25, -0.2) is 4.79 Å². The Kier molecular flexibility index (Phi) is 5.29. The van der Waals surface area contributed by atoms with Gasteiger partial charge in [0.1, 0.15) is 19.2 Å². The van der Waals surface area contributed by atoms with Crippen LogP contribution in [0.2, 0.25) is 0 Å². The molecular weight excluding hydrogens is 290 g/mol. The molecule has 22 heavy (non-hydrogen) atoms. The van der Waals surface area contributed by atoms with E-state index in [1.165, 1.54) is 0 Å². The van der Waals surface area contributed by atoms with Crippen molar-refractivity contribution in [2.75, 3.05) is 19.8 Å². The standard InChI is InChI=1S/C14H17N3O5/c1-2-21-12(18)8-17-11(9-22-14(17)20)13(19)16-7-10-4-3-5-15-6-10/h3-6,11H,2,7-9H2,1H3,(H,16,19)/t11-/m0/s1. The lowest BCUT2D eigenvalue weighted by Crippen LogP contribution is -2.47. The Bertz CT molecular complexity index is 549. The predicted molar refractivity (Wildman–Crippen MR) is 74.6 cm³/mol. The number of ether oxygens (including phenoxy) is 2. The molecule has 0 aliphatic carbocycles. The Morgan fingerprint density at radius 3 is 3.05 bits per heavy atom. The molecule has 2 amide bonds. The molecular formula is C14H17N3O5. The molecule has 8 nitrogen and oxygen atoms in total. The van der Waals surface area contributed by atoms with Crippen LogP contribution in [0.15, 0.2) is 24.5 Å². The van der Waals surface area contributed by atoms with Crippen LogP contribution in [0.1, 0.15) is 12.5 Å². The zero-order chi connectivity index (χ0) is 15.9. The van der Waals surface area contributed by atoms with Crippen molar-refractivity contribution in [1.29, 1.82) is 0 Å². The number of carbonyl (C=O) groups excluding carboxylic acids is 3. The normalized spacial score (nSPS) is 17.0. The summed E-state index contributed by atoms with van der Waals surface area (Å²) in [5.74, 6) is -0.967. The van der Waals surface area contributed by atoms with Crippen molar-refractivity contribution in [2.45, 2.75) is 19.5 Å². The molecule has 2 heterocycles. The van der Waals surface area contributed by atoms with Crippen LogP contribution in [0, 0.1) is 0 Å². The van der Waals surface area contributed by atoms with Crippen molar-refractivity contribution in [3.63, 3.8) is 0 Å². The number of nitrogens with one attached hydrogen (secondary N) is 1. The molecule has 0 aromatic carbocycles. The van der Waals surface area contributed by atoms with Gasteiger partial charge in [0.2, 0.25) is 5.91 Å². The fourth-order valence-electron chi connectivity index (χ4n) is 2.00. The van der Waals surface area contributed by atoms with Crippen LogP contribution in [0.5, 0.6) is 0 Å². The van der Waals surface area contributed by atoms with Crippen LogP contribution in [0.4, 0.5) is 4.79 Å². The number of cyclic esters (lactones) is 1. The molecule has 0 unspecified atom stereocenters. The highest BCUT2D eigenvalue weighted by atomic mass is 16.6. The van der Waals surface area contributed by atoms with E-state index in [-0.39, 0.29) is 32.2 Å². The van der Waals surface area contributed by atoms with Crippen molar-refractivity contribution >= 4 is 18.0 Å². The van der Waals surface area contributed by atoms with E-state index in [0.29, 0.717) is 0 Å². The minimum absolute atomic E-state index is 0.0862. The van der Waals surface area contributed by atoms with Gasteiger partial charge < -0.3 is 14.8 Å². The van der Waals surface area contributed by atoms with E-state index in [9.17, 15) is 14.4 Å². The Morgan fingerprint density at radius 2 is 2.36 bits per heavy atom. The van der Waals surface area contributed by atoms with E-state index >= 15 is 0 Å². The van der Waals surface area contributed by atoms with Gasteiger partial charge in [0.25, 0.3) is 0 Å². The monoisotopic (exact) mass is 307 g/mol. The molecule has 1 N–H and O–H groups in total. The fourth-order valence-corrected chi connectivity index (χ4v) is 2.00. The van der Waals surface area contributed by atoms with Gasteiger partial charge in [-0.3, -0.25) is 19.5 Å². The number of rotatable bonds is 6. The summed E-state index contributed by atoms with van der Waals surface area (Å²) >= 11 is 0. The molecule has 1 aliphatic heterocycles. The first-order valence-corrected chi connectivity index (χ1v) is 6.87. The second kappa shape index (κ2) is 7.39. The summed E-state index contributed by atoms with van der Waals surface area (Å²) in [6.45, 7) is 1.76. The number of esters is 1. The second-order valence-electron chi connectivity index (χ2n) is 4.60. The third-order valence-corrected chi connectivity index (χ3v) is 3.07. The van der Waals surface area contributed by atoms with Gasteiger partial charge in [-0.1, -0.05) is 6.07 Å². The number of nitrogens with zero attached hydrogens (tertiary/aromatic N) is 2. The van der Waals surface area contributed by atoms with Gasteiger partial charge in [-0.15, -0.1) is 0 Å². The highest BCUT2D eigenvalue weighted by molar-refractivity contribution is 5.90. The van der Waals surface area contributed by atoms with E-state index in [2.05, 4.69) is 10.3 Å². The molecule has 1 saturated heterocycles. The summed E-state index contributed by atoms with van der Waals surface area (Å²) < 4.78 is 9.62. The quantitative estimate of drug-likeness (QED) is 0.748. The van der Waals surface area contributed by atoms with E-state index in [1.54, 1.807) is 25.4 Å². The summed E-state index contributed by atoms with van der Waals surface area (Å²) in [5.41, 5.74) is 0.832. The largest absolute Gasteiger partial charge is 0.465 e. The summed E-state index contributed by atoms with van der Waals surface area (Å²) in [6.07, 6.45) is 2.57. The van der Waals surface area contributed by atoms with Crippen LogP contribution in [-0.2, 0) is 25.6 Å². The number of carbonyl (C=O) groups is 3. The van der Waals surface area contributed by atoms with E-state index in [1.807, 2.05) is 6.07 Å². The molecule has 1 aromatic heterocycles. The van der Waals surface area contributed by atoms with E-state index < -0.39 is 18.1 Å². The lowest BCUT2D eigenvalue weighted by molar-refractivity contribution is -0.144. The molecule has 1 aliphatic rings. The highest BCUT2D eigenvalue weighted by Crippen LogP contribution is 2.12. The van der Waals surface area contributed by atoms with Crippen LogP contribution < -0.4 is 5.32 Å². The topological polar surface area (TPSA) is 97.8 Å². The molecule has 1 atom stereocenters. The maximum absolute atomic E-state index is 12.2. The molecule has 0 radical (unpaired) electrons. The third kappa shape index (κ3) is 3.94. The Labute approximate surface area is 127 Å². The van der Waals surface area contributed by atoms with Crippen molar-refractivity contribution in [1.82, 2.24) is 15.2 Å². The average Bonchev–Trinajstić information content (AvgIpc) is 2.87. The summed E-state index contributed by atoms with van der Waals surface area (Å²) in [6, 6.07) is 2.74. The summed E-state index contributed by atoms with van der Waals surface area (Å²) in [5, 5.41) is 2.69. The first kappa shape index (κ1) is 15.7. The number of amides is 2. The van der Waals surface area contributed by atoms with Gasteiger partial charge >= 0.3 is 12.1 Å². The van der Waals surface area contributed by atoms with Gasteiger partial charge in [-0.05, 0) is 18.6 Å². The summed E-state index contributed by atoms with van der Waals surface area (Å²) in [7, 11) is 0. The predicted octanol–water partition coefficient (Wildman–Crippen LogP) is 0.0817. The SMILES string of the molecule is CCOC(=O)CN1C(=O)OC[C@H]1C(=O)NCc1cccnc1. The minimum Gasteiger partial charge on any atom is -0.465 e. The lowest BCUT2D eigenvalue weighted by atomic mass is 10.2. The Morgan fingerprint density at radius 1 is 1.55 bits per heavy atom. The average molecular weight is 307 g/mol. The van der Waals surface area contributed by atoms with E-state index in [4.69, 9.17) is 9.47 Å². The molecule has 8 heteroatoms. The second-order valence-corrected chi connectivity index (χ2v) is 4.60. The first-order chi connectivity index (χ1) is 10.6. The van der Waals surface area contributed by atoms with Gasteiger partial charge in [0, 0.05) is 18.9 Å². The van der Waals surface area contributed by atoms with Crippen molar-refractivity contribution in [2.24, 2.45) is 0 Å². The zero-order valence-electron chi connectivity index (χ0n) is 12.2. The number of hydrogen-bond donors (Lipinski definition) is 1. The molecule has 2 rings (SSSR count). The molecule has 0 saturated carbocycles. The van der Waals surface area contributed by atoms with Crippen LogP contribution >= 0.6 is 0 Å². The Balaban J connectivity index is 1.92. The third-order valence-electron chi connectivity index (χ3n) is 3.07. The lowest BCUT2D eigenvalue weighted by Gasteiger charge is -2.19. The number of hydrogen-bond acceptors (Lipinski definition) is 6. The molecule has 118 valence electrons. The van der Waals surface area contributed by atoms with Crippen LogP contribution in [0.3, 0.4) is 0 Å². The zero-order valence-corrected chi connectivity index (χ0v) is 12.2. The van der Waals surface area contributed by atoms with Gasteiger partial charge in [0.15, 0.2) is 0 Å². The van der Waals surface area contributed by atoms with Gasteiger partial charge in [-0.2, -0.15) is 0 Å². The molecule has 1 fully saturated rings. The minimum atomic E-state index is -0.839. The smallest absolute Gasteiger partial charge is 0.411 e. The molecule has 0 bridgehead atoms. The summed E-state index contributed by atoms with van der Waals surface area (Å²) in [4.78, 5) is 40.3. The highest BCUT2D eigenvalue weighted by Gasteiger charge is 2.39. The number of pyridine rings is 1. The molecule has 0 spiro atoms. The van der Waals surface area contributed by atoms with Crippen LogP contribution in [0.25, 0.3) is 0 Å². The maximum atomic E-state index is 12.2.